The Morgan fingerprint density at radius 1 is 1.03 bits per heavy atom. The number of nitrogens with one attached hydrogen (secondary N) is 1. The van der Waals surface area contributed by atoms with E-state index in [4.69, 9.17) is 0 Å². The highest BCUT2D eigenvalue weighted by Crippen LogP contribution is 2.32. The number of halogens is 3. The van der Waals surface area contributed by atoms with Crippen LogP contribution in [-0.4, -0.2) is 27.0 Å². The largest absolute Gasteiger partial charge is 0.398 e. The fourth-order valence-corrected chi connectivity index (χ4v) is 3.76. The number of anilines is 1. The van der Waals surface area contributed by atoms with Crippen molar-refractivity contribution in [2.75, 3.05) is 11.1 Å². The molecule has 0 saturated heterocycles. The third-order valence-corrected chi connectivity index (χ3v) is 5.44. The number of nitrogens with zero attached hydrogens (tertiary/aromatic N) is 2. The molecule has 0 unspecified atom stereocenters. The van der Waals surface area contributed by atoms with E-state index in [1.165, 1.54) is 16.7 Å². The van der Waals surface area contributed by atoms with Crippen LogP contribution in [0.1, 0.15) is 6.92 Å². The molecule has 0 spiro atoms. The molecular weight excluding hydrogens is 419 g/mol. The van der Waals surface area contributed by atoms with Crippen LogP contribution in [-0.2, 0) is 17.9 Å². The molecule has 0 aliphatic carbocycles. The molecule has 1 N–H and O–H groups in total. The van der Waals surface area contributed by atoms with E-state index in [0.717, 1.165) is 4.57 Å². The van der Waals surface area contributed by atoms with E-state index in [0.29, 0.717) is 22.7 Å². The summed E-state index contributed by atoms with van der Waals surface area (Å²) in [6.45, 7) is 1.40. The quantitative estimate of drug-likeness (QED) is 0.600. The fourth-order valence-electron chi connectivity index (χ4n) is 2.99. The number of rotatable bonds is 6. The molecule has 6 nitrogen and oxygen atoms in total. The maximum absolute atomic E-state index is 12.7. The molecule has 2 aromatic carbocycles. The highest BCUT2D eigenvalue weighted by atomic mass is 32.2. The Hall–Kier alpha value is -3.01. The number of carbonyl (C=O) groups excluding carboxylic acids is 1. The lowest BCUT2D eigenvalue weighted by Crippen LogP contribution is -2.41. The number of fused-ring (bicyclic) bond motifs is 1. The SMILES string of the molecule is CCn1c(=O)c2ccccc2n(CC(=O)Nc2ccccc2SCC(F)(F)F)c1=O. The molecule has 30 heavy (non-hydrogen) atoms. The van der Waals surface area contributed by atoms with E-state index >= 15 is 0 Å². The molecule has 0 fully saturated rings. The van der Waals surface area contributed by atoms with Crippen LogP contribution >= 0.6 is 11.8 Å². The third kappa shape index (κ3) is 4.76. The van der Waals surface area contributed by atoms with Crippen LogP contribution in [0.3, 0.4) is 0 Å². The number of amides is 1. The van der Waals surface area contributed by atoms with E-state index in [9.17, 15) is 27.6 Å². The first-order valence-electron chi connectivity index (χ1n) is 9.02. The molecule has 158 valence electrons. The average molecular weight is 437 g/mol. The number of aromatic nitrogens is 2. The highest BCUT2D eigenvalue weighted by molar-refractivity contribution is 7.99. The van der Waals surface area contributed by atoms with Gasteiger partial charge in [0.25, 0.3) is 5.56 Å². The van der Waals surface area contributed by atoms with Crippen molar-refractivity contribution in [1.29, 1.82) is 0 Å². The lowest BCUT2D eigenvalue weighted by molar-refractivity contribution is -0.116. The van der Waals surface area contributed by atoms with E-state index in [1.54, 1.807) is 43.3 Å². The fraction of sp³-hybridized carbons (Fsp3) is 0.250. The summed E-state index contributed by atoms with van der Waals surface area (Å²) in [7, 11) is 0. The maximum atomic E-state index is 12.7. The van der Waals surface area contributed by atoms with Gasteiger partial charge in [0.05, 0.1) is 22.3 Å². The Balaban J connectivity index is 1.91. The topological polar surface area (TPSA) is 73.1 Å². The molecule has 0 bridgehead atoms. The Labute approximate surface area is 173 Å². The van der Waals surface area contributed by atoms with Gasteiger partial charge >= 0.3 is 11.9 Å². The lowest BCUT2D eigenvalue weighted by Gasteiger charge is -2.15. The maximum Gasteiger partial charge on any atom is 0.398 e. The summed E-state index contributed by atoms with van der Waals surface area (Å²) >= 11 is 0.562. The second-order valence-corrected chi connectivity index (χ2v) is 7.40. The van der Waals surface area contributed by atoms with E-state index in [2.05, 4.69) is 5.32 Å². The summed E-state index contributed by atoms with van der Waals surface area (Å²) in [6, 6.07) is 12.6. The van der Waals surface area contributed by atoms with Gasteiger partial charge in [-0.2, -0.15) is 13.2 Å². The van der Waals surface area contributed by atoms with Gasteiger partial charge in [0.1, 0.15) is 6.54 Å². The number of benzene rings is 2. The zero-order chi connectivity index (χ0) is 21.9. The number of hydrogen-bond acceptors (Lipinski definition) is 4. The molecule has 1 heterocycles. The van der Waals surface area contributed by atoms with Crippen LogP contribution in [0.25, 0.3) is 10.9 Å². The molecule has 0 atom stereocenters. The van der Waals surface area contributed by atoms with Gasteiger partial charge in [0, 0.05) is 11.4 Å². The average Bonchev–Trinajstić information content (AvgIpc) is 2.70. The van der Waals surface area contributed by atoms with Crippen molar-refractivity contribution >= 4 is 34.3 Å². The van der Waals surface area contributed by atoms with E-state index < -0.39 is 35.6 Å². The summed E-state index contributed by atoms with van der Waals surface area (Å²) in [5.74, 6) is -1.69. The minimum Gasteiger partial charge on any atom is -0.324 e. The Morgan fingerprint density at radius 2 is 1.70 bits per heavy atom. The molecule has 0 radical (unpaired) electrons. The summed E-state index contributed by atoms with van der Waals surface area (Å²) in [4.78, 5) is 38.1. The minimum atomic E-state index is -4.35. The van der Waals surface area contributed by atoms with Crippen LogP contribution < -0.4 is 16.6 Å². The predicted octanol–water partition coefficient (Wildman–Crippen LogP) is 3.48. The van der Waals surface area contributed by atoms with Crippen molar-refractivity contribution in [3.05, 3.63) is 69.4 Å². The zero-order valence-electron chi connectivity index (χ0n) is 15.9. The second kappa shape index (κ2) is 8.78. The summed E-state index contributed by atoms with van der Waals surface area (Å²) in [5, 5.41) is 2.86. The smallest absolute Gasteiger partial charge is 0.324 e. The normalized spacial score (nSPS) is 11.6. The van der Waals surface area contributed by atoms with Crippen molar-refractivity contribution in [3.8, 4) is 0 Å². The first kappa shape index (κ1) is 21.7. The lowest BCUT2D eigenvalue weighted by atomic mass is 10.2. The molecule has 3 rings (SSSR count). The van der Waals surface area contributed by atoms with Gasteiger partial charge in [-0.15, -0.1) is 11.8 Å². The third-order valence-electron chi connectivity index (χ3n) is 4.30. The summed E-state index contributed by atoms with van der Waals surface area (Å²) in [5.41, 5.74) is -0.537. The van der Waals surface area contributed by atoms with Crippen LogP contribution in [0.2, 0.25) is 0 Å². The van der Waals surface area contributed by atoms with Crippen molar-refractivity contribution < 1.29 is 18.0 Å². The van der Waals surface area contributed by atoms with Crippen LogP contribution in [0.4, 0.5) is 18.9 Å². The van der Waals surface area contributed by atoms with Crippen LogP contribution in [0, 0.1) is 0 Å². The highest BCUT2D eigenvalue weighted by Gasteiger charge is 2.27. The van der Waals surface area contributed by atoms with Gasteiger partial charge in [0.2, 0.25) is 5.91 Å². The van der Waals surface area contributed by atoms with Gasteiger partial charge in [-0.3, -0.25) is 18.7 Å². The molecular formula is C20H18F3N3O3S. The second-order valence-electron chi connectivity index (χ2n) is 6.38. The molecule has 0 aliphatic heterocycles. The molecule has 1 aromatic heterocycles. The van der Waals surface area contributed by atoms with Crippen LogP contribution in [0.5, 0.6) is 0 Å². The number of para-hydroxylation sites is 2. The van der Waals surface area contributed by atoms with Crippen molar-refractivity contribution in [2.24, 2.45) is 0 Å². The van der Waals surface area contributed by atoms with E-state index in [-0.39, 0.29) is 17.1 Å². The predicted molar refractivity (Wildman–Crippen MR) is 110 cm³/mol. The monoisotopic (exact) mass is 437 g/mol. The molecule has 0 saturated carbocycles. The number of hydrogen-bond donors (Lipinski definition) is 1. The number of alkyl halides is 3. The molecule has 3 aromatic rings. The van der Waals surface area contributed by atoms with Gasteiger partial charge in [-0.25, -0.2) is 4.79 Å². The van der Waals surface area contributed by atoms with Gasteiger partial charge in [-0.05, 0) is 31.2 Å². The summed E-state index contributed by atoms with van der Waals surface area (Å²) in [6.07, 6.45) is -4.35. The number of thioether (sulfide) groups is 1. The van der Waals surface area contributed by atoms with Crippen molar-refractivity contribution in [3.63, 3.8) is 0 Å². The first-order chi connectivity index (χ1) is 14.2. The van der Waals surface area contributed by atoms with Gasteiger partial charge in [0.15, 0.2) is 0 Å². The zero-order valence-corrected chi connectivity index (χ0v) is 16.7. The molecule has 0 aliphatic rings. The van der Waals surface area contributed by atoms with Gasteiger partial charge < -0.3 is 5.32 Å². The Bertz CT molecular complexity index is 1200. The van der Waals surface area contributed by atoms with Gasteiger partial charge in [-0.1, -0.05) is 24.3 Å². The molecule has 10 heteroatoms. The number of carbonyl (C=O) groups is 1. The van der Waals surface area contributed by atoms with Crippen LogP contribution in [0.15, 0.2) is 63.0 Å². The standard InChI is InChI=1S/C20H18F3N3O3S/c1-2-25-18(28)13-7-3-5-9-15(13)26(19(25)29)11-17(27)24-14-8-4-6-10-16(14)30-12-20(21,22)23/h3-10H,2,11-12H2,1H3,(H,24,27). The molecule has 1 amide bonds. The first-order valence-corrected chi connectivity index (χ1v) is 10.0. The summed E-state index contributed by atoms with van der Waals surface area (Å²) < 4.78 is 39.8. The Kier molecular flexibility index (Phi) is 6.35. The minimum absolute atomic E-state index is 0.140. The van der Waals surface area contributed by atoms with Crippen molar-refractivity contribution in [2.45, 2.75) is 31.1 Å². The Morgan fingerprint density at radius 3 is 2.40 bits per heavy atom. The van der Waals surface area contributed by atoms with Crippen molar-refractivity contribution in [1.82, 2.24) is 9.13 Å². The van der Waals surface area contributed by atoms with E-state index in [1.807, 2.05) is 0 Å².